The van der Waals surface area contributed by atoms with Crippen LogP contribution in [0.15, 0.2) is 24.3 Å². The summed E-state index contributed by atoms with van der Waals surface area (Å²) in [5, 5.41) is 8.56. The molecule has 0 saturated carbocycles. The van der Waals surface area contributed by atoms with E-state index in [1.54, 1.807) is 0 Å². The minimum Gasteiger partial charge on any atom is -0.537 e. The van der Waals surface area contributed by atoms with Crippen molar-refractivity contribution in [3.8, 4) is 5.75 Å². The van der Waals surface area contributed by atoms with Crippen LogP contribution in [0.1, 0.15) is 26.3 Å². The lowest BCUT2D eigenvalue weighted by atomic mass is 9.86. The summed E-state index contributed by atoms with van der Waals surface area (Å²) in [6, 6.07) is 7.69. The Labute approximate surface area is 79.9 Å². The van der Waals surface area contributed by atoms with Crippen LogP contribution in [0, 0.1) is 0 Å². The van der Waals surface area contributed by atoms with Crippen LogP contribution in [0.5, 0.6) is 5.75 Å². The fraction of sp³-hybridized carbons (Fsp3) is 0.400. The third kappa shape index (κ3) is 2.49. The molecule has 0 spiro atoms. The summed E-state index contributed by atoms with van der Waals surface area (Å²) in [6.45, 7) is 6.31. The quantitative estimate of drug-likeness (QED) is 0.699. The molecule has 0 aromatic heterocycles. The molecule has 3 heteroatoms. The van der Waals surface area contributed by atoms with Crippen LogP contribution in [0.2, 0.25) is 0 Å². The van der Waals surface area contributed by atoms with Crippen molar-refractivity contribution in [1.29, 1.82) is 0 Å². The molecule has 1 rings (SSSR count). The van der Waals surface area contributed by atoms with Crippen LogP contribution in [-0.4, -0.2) is 12.7 Å². The highest BCUT2D eigenvalue weighted by atomic mass is 16.5. The van der Waals surface area contributed by atoms with E-state index in [0.717, 1.165) is 5.56 Å². The van der Waals surface area contributed by atoms with Gasteiger partial charge in [-0.25, -0.2) is 0 Å². The van der Waals surface area contributed by atoms with Crippen LogP contribution in [0.25, 0.3) is 0 Å². The number of para-hydroxylation sites is 1. The van der Waals surface area contributed by atoms with Gasteiger partial charge in [-0.15, -0.1) is 0 Å². The van der Waals surface area contributed by atoms with Gasteiger partial charge in [-0.05, 0) is 17.0 Å². The first-order chi connectivity index (χ1) is 6.05. The SMILES string of the molecule is CC(C)(C)c1ccccc1O[B]O. The van der Waals surface area contributed by atoms with Crippen molar-refractivity contribution in [2.45, 2.75) is 26.2 Å². The van der Waals surface area contributed by atoms with E-state index in [2.05, 4.69) is 20.8 Å². The smallest absolute Gasteiger partial charge is 0.537 e. The van der Waals surface area contributed by atoms with Crippen molar-refractivity contribution in [3.05, 3.63) is 29.8 Å². The molecule has 0 unspecified atom stereocenters. The highest BCUT2D eigenvalue weighted by Crippen LogP contribution is 2.30. The van der Waals surface area contributed by atoms with Crippen LogP contribution >= 0.6 is 0 Å². The molecule has 0 fully saturated rings. The molecular formula is C10H14BO2. The number of hydrogen-bond acceptors (Lipinski definition) is 2. The largest absolute Gasteiger partial charge is 0.569 e. The average Bonchev–Trinajstić information content (AvgIpc) is 2.04. The number of rotatable bonds is 2. The molecule has 0 amide bonds. The Kier molecular flexibility index (Phi) is 2.99. The fourth-order valence-electron chi connectivity index (χ4n) is 1.25. The van der Waals surface area contributed by atoms with Gasteiger partial charge in [-0.1, -0.05) is 39.0 Å². The molecule has 0 aliphatic heterocycles. The van der Waals surface area contributed by atoms with Crippen LogP contribution in [0.3, 0.4) is 0 Å². The van der Waals surface area contributed by atoms with Crippen LogP contribution in [0.4, 0.5) is 0 Å². The Morgan fingerprint density at radius 2 is 1.85 bits per heavy atom. The standard InChI is InChI=1S/C10H14BO2/c1-10(2,3)8-6-4-5-7-9(8)13-11-12/h4-7,12H,1-3H3. The van der Waals surface area contributed by atoms with E-state index in [1.165, 1.54) is 0 Å². The first kappa shape index (κ1) is 10.1. The Bertz CT molecular complexity index is 278. The summed E-state index contributed by atoms with van der Waals surface area (Å²) < 4.78 is 4.99. The van der Waals surface area contributed by atoms with E-state index in [0.29, 0.717) is 13.4 Å². The molecule has 1 aromatic rings. The first-order valence-corrected chi connectivity index (χ1v) is 4.28. The molecule has 0 heterocycles. The normalized spacial score (nSPS) is 11.1. The van der Waals surface area contributed by atoms with Crippen molar-refractivity contribution in [2.24, 2.45) is 0 Å². The molecule has 0 bridgehead atoms. The second kappa shape index (κ2) is 3.84. The summed E-state index contributed by atoms with van der Waals surface area (Å²) in [6.07, 6.45) is 0. The van der Waals surface area contributed by atoms with E-state index < -0.39 is 0 Å². The third-order valence-corrected chi connectivity index (χ3v) is 1.87. The van der Waals surface area contributed by atoms with Crippen LogP contribution < -0.4 is 4.65 Å². The molecule has 2 nitrogen and oxygen atoms in total. The minimum atomic E-state index is 0.0274. The van der Waals surface area contributed by atoms with Gasteiger partial charge in [0.25, 0.3) is 0 Å². The zero-order valence-corrected chi connectivity index (χ0v) is 8.24. The number of benzene rings is 1. The molecule has 1 N–H and O–H groups in total. The van der Waals surface area contributed by atoms with Gasteiger partial charge >= 0.3 is 7.69 Å². The van der Waals surface area contributed by atoms with Gasteiger partial charge in [-0.3, -0.25) is 0 Å². The van der Waals surface area contributed by atoms with Crippen molar-refractivity contribution in [1.82, 2.24) is 0 Å². The number of hydrogen-bond donors (Lipinski definition) is 1. The average molecular weight is 177 g/mol. The Morgan fingerprint density at radius 1 is 1.23 bits per heavy atom. The zero-order chi connectivity index (χ0) is 9.90. The lowest BCUT2D eigenvalue weighted by Crippen LogP contribution is -2.14. The van der Waals surface area contributed by atoms with Crippen molar-refractivity contribution in [3.63, 3.8) is 0 Å². The van der Waals surface area contributed by atoms with Gasteiger partial charge in [-0.2, -0.15) is 0 Å². The van der Waals surface area contributed by atoms with Crippen molar-refractivity contribution >= 4 is 7.69 Å². The second-order valence-electron chi connectivity index (χ2n) is 3.97. The third-order valence-electron chi connectivity index (χ3n) is 1.87. The van der Waals surface area contributed by atoms with Gasteiger partial charge in [0, 0.05) is 0 Å². The maximum absolute atomic E-state index is 8.56. The molecular weight excluding hydrogens is 163 g/mol. The molecule has 69 valence electrons. The van der Waals surface area contributed by atoms with E-state index in [4.69, 9.17) is 9.68 Å². The highest BCUT2D eigenvalue weighted by Gasteiger charge is 2.17. The maximum atomic E-state index is 8.56. The predicted molar refractivity (Wildman–Crippen MR) is 53.7 cm³/mol. The van der Waals surface area contributed by atoms with E-state index in [-0.39, 0.29) is 5.41 Å². The minimum absolute atomic E-state index is 0.0274. The molecule has 0 atom stereocenters. The lowest BCUT2D eigenvalue weighted by molar-refractivity contribution is 0.440. The van der Waals surface area contributed by atoms with Gasteiger partial charge in [0.1, 0.15) is 5.75 Å². The van der Waals surface area contributed by atoms with Gasteiger partial charge in [0.15, 0.2) is 0 Å². The highest BCUT2D eigenvalue weighted by molar-refractivity contribution is 6.17. The topological polar surface area (TPSA) is 29.5 Å². The summed E-state index contributed by atoms with van der Waals surface area (Å²) in [5.74, 6) is 0.706. The Morgan fingerprint density at radius 3 is 2.38 bits per heavy atom. The maximum Gasteiger partial charge on any atom is 0.569 e. The monoisotopic (exact) mass is 177 g/mol. The molecule has 0 aliphatic rings. The van der Waals surface area contributed by atoms with Gasteiger partial charge < -0.3 is 9.68 Å². The van der Waals surface area contributed by atoms with Crippen molar-refractivity contribution in [2.75, 3.05) is 0 Å². The molecule has 0 aliphatic carbocycles. The van der Waals surface area contributed by atoms with E-state index in [9.17, 15) is 0 Å². The Hall–Kier alpha value is -0.955. The summed E-state index contributed by atoms with van der Waals surface area (Å²) in [5.41, 5.74) is 1.11. The molecule has 1 radical (unpaired) electrons. The Balaban J connectivity index is 3.05. The lowest BCUT2D eigenvalue weighted by Gasteiger charge is -2.22. The summed E-state index contributed by atoms with van der Waals surface area (Å²) in [4.78, 5) is 0. The fourth-order valence-corrected chi connectivity index (χ4v) is 1.25. The second-order valence-corrected chi connectivity index (χ2v) is 3.97. The van der Waals surface area contributed by atoms with Crippen molar-refractivity contribution < 1.29 is 9.68 Å². The van der Waals surface area contributed by atoms with E-state index >= 15 is 0 Å². The van der Waals surface area contributed by atoms with E-state index in [1.807, 2.05) is 24.3 Å². The molecule has 13 heavy (non-hydrogen) atoms. The van der Waals surface area contributed by atoms with Gasteiger partial charge in [0.2, 0.25) is 0 Å². The molecule has 0 saturated heterocycles. The first-order valence-electron chi connectivity index (χ1n) is 4.28. The van der Waals surface area contributed by atoms with Crippen LogP contribution in [-0.2, 0) is 5.41 Å². The molecule has 1 aromatic carbocycles. The predicted octanol–water partition coefficient (Wildman–Crippen LogP) is 1.89. The zero-order valence-electron chi connectivity index (χ0n) is 8.24. The van der Waals surface area contributed by atoms with Gasteiger partial charge in [0.05, 0.1) is 0 Å². The summed E-state index contributed by atoms with van der Waals surface area (Å²) >= 11 is 0. The summed E-state index contributed by atoms with van der Waals surface area (Å²) in [7, 11) is 0.713.